The summed E-state index contributed by atoms with van der Waals surface area (Å²) in [5, 5.41) is 3.66. The second-order valence-electron chi connectivity index (χ2n) is 7.43. The Bertz CT molecular complexity index is 494. The Hall–Kier alpha value is -0.540. The Kier molecular flexibility index (Phi) is 4.60. The van der Waals surface area contributed by atoms with E-state index in [0.29, 0.717) is 5.41 Å². The van der Waals surface area contributed by atoms with E-state index >= 15 is 0 Å². The summed E-state index contributed by atoms with van der Waals surface area (Å²) in [6.45, 7) is 8.20. The van der Waals surface area contributed by atoms with Crippen molar-refractivity contribution in [2.24, 2.45) is 5.41 Å². The van der Waals surface area contributed by atoms with Crippen LogP contribution in [0.3, 0.4) is 0 Å². The summed E-state index contributed by atoms with van der Waals surface area (Å²) in [4.78, 5) is 2.60. The molecule has 1 aromatic carbocycles. The van der Waals surface area contributed by atoms with Gasteiger partial charge in [-0.05, 0) is 55.2 Å². The Morgan fingerprint density at radius 1 is 1.24 bits per heavy atom. The topological polar surface area (TPSA) is 15.3 Å². The van der Waals surface area contributed by atoms with Crippen LogP contribution in [0.5, 0.6) is 0 Å². The van der Waals surface area contributed by atoms with E-state index in [1.165, 1.54) is 60.9 Å². The van der Waals surface area contributed by atoms with Crippen LogP contribution in [-0.4, -0.2) is 19.1 Å². The molecule has 3 rings (SSSR count). The zero-order chi connectivity index (χ0) is 14.9. The largest absolute Gasteiger partial charge is 0.371 e. The molecule has 2 nitrogen and oxygen atoms in total. The van der Waals surface area contributed by atoms with Gasteiger partial charge in [0.05, 0.1) is 0 Å². The molecule has 0 radical (unpaired) electrons. The molecule has 1 aliphatic heterocycles. The normalized spacial score (nSPS) is 22.1. The average molecular weight is 351 g/mol. The number of nitrogens with zero attached hydrogens (tertiary/aromatic N) is 1. The number of benzene rings is 1. The quantitative estimate of drug-likeness (QED) is 0.845. The lowest BCUT2D eigenvalue weighted by atomic mass is 9.85. The molecule has 0 amide bonds. The Morgan fingerprint density at radius 3 is 2.81 bits per heavy atom. The van der Waals surface area contributed by atoms with Gasteiger partial charge in [-0.15, -0.1) is 0 Å². The molecule has 116 valence electrons. The highest BCUT2D eigenvalue weighted by Crippen LogP contribution is 2.34. The van der Waals surface area contributed by atoms with E-state index in [9.17, 15) is 0 Å². The van der Waals surface area contributed by atoms with Crippen LogP contribution >= 0.6 is 15.9 Å². The number of halogens is 1. The minimum atomic E-state index is 0.493. The molecular weight excluding hydrogens is 324 g/mol. The molecule has 0 unspecified atom stereocenters. The van der Waals surface area contributed by atoms with E-state index in [2.05, 4.69) is 58.2 Å². The Balaban J connectivity index is 1.76. The molecule has 1 saturated heterocycles. The van der Waals surface area contributed by atoms with Gasteiger partial charge in [-0.3, -0.25) is 0 Å². The van der Waals surface area contributed by atoms with Crippen LogP contribution in [-0.2, 0) is 6.54 Å². The SMILES string of the molecule is CC1(C)CCCN(c2cc(Br)ccc2CNC2CC2)CC1. The maximum Gasteiger partial charge on any atom is 0.0423 e. The van der Waals surface area contributed by atoms with E-state index in [4.69, 9.17) is 0 Å². The first-order chi connectivity index (χ1) is 10.0. The molecule has 21 heavy (non-hydrogen) atoms. The number of nitrogens with one attached hydrogen (secondary N) is 1. The maximum absolute atomic E-state index is 3.66. The third-order valence-corrected chi connectivity index (χ3v) is 5.38. The minimum absolute atomic E-state index is 0.493. The molecule has 3 heteroatoms. The summed E-state index contributed by atoms with van der Waals surface area (Å²) in [5.41, 5.74) is 3.37. The highest BCUT2D eigenvalue weighted by atomic mass is 79.9. The first-order valence-corrected chi connectivity index (χ1v) is 9.10. The van der Waals surface area contributed by atoms with E-state index < -0.39 is 0 Å². The van der Waals surface area contributed by atoms with Gasteiger partial charge in [0.1, 0.15) is 0 Å². The van der Waals surface area contributed by atoms with Crippen molar-refractivity contribution in [1.29, 1.82) is 0 Å². The molecule has 1 N–H and O–H groups in total. The van der Waals surface area contributed by atoms with Gasteiger partial charge in [0, 0.05) is 35.8 Å². The van der Waals surface area contributed by atoms with Crippen molar-refractivity contribution in [2.45, 2.75) is 58.5 Å². The molecule has 0 bridgehead atoms. The highest BCUT2D eigenvalue weighted by Gasteiger charge is 2.25. The molecular formula is C18H27BrN2. The highest BCUT2D eigenvalue weighted by molar-refractivity contribution is 9.10. The fraction of sp³-hybridized carbons (Fsp3) is 0.667. The predicted octanol–water partition coefficient (Wildman–Crippen LogP) is 4.72. The van der Waals surface area contributed by atoms with Crippen LogP contribution in [0.4, 0.5) is 5.69 Å². The number of rotatable bonds is 4. The zero-order valence-electron chi connectivity index (χ0n) is 13.3. The minimum Gasteiger partial charge on any atom is -0.371 e. The standard InChI is InChI=1S/C18H27BrN2/c1-18(2)8-3-10-21(11-9-18)17-12-15(19)5-4-14(17)13-20-16-6-7-16/h4-5,12,16,20H,3,6-11,13H2,1-2H3. The van der Waals surface area contributed by atoms with Crippen molar-refractivity contribution >= 4 is 21.6 Å². The lowest BCUT2D eigenvalue weighted by Crippen LogP contribution is -2.27. The monoisotopic (exact) mass is 350 g/mol. The van der Waals surface area contributed by atoms with E-state index in [0.717, 1.165) is 12.6 Å². The predicted molar refractivity (Wildman–Crippen MR) is 93.8 cm³/mol. The van der Waals surface area contributed by atoms with Crippen LogP contribution < -0.4 is 10.2 Å². The summed E-state index contributed by atoms with van der Waals surface area (Å²) in [6.07, 6.45) is 6.63. The van der Waals surface area contributed by atoms with Crippen LogP contribution in [0, 0.1) is 5.41 Å². The second-order valence-corrected chi connectivity index (χ2v) is 8.35. The third-order valence-electron chi connectivity index (χ3n) is 4.89. The first kappa shape index (κ1) is 15.4. The van der Waals surface area contributed by atoms with Gasteiger partial charge in [-0.1, -0.05) is 35.8 Å². The van der Waals surface area contributed by atoms with Crippen LogP contribution in [0.2, 0.25) is 0 Å². The lowest BCUT2D eigenvalue weighted by molar-refractivity contribution is 0.325. The molecule has 1 heterocycles. The van der Waals surface area contributed by atoms with E-state index in [1.54, 1.807) is 0 Å². The van der Waals surface area contributed by atoms with Crippen LogP contribution in [0.15, 0.2) is 22.7 Å². The Morgan fingerprint density at radius 2 is 2.05 bits per heavy atom. The molecule has 0 atom stereocenters. The van der Waals surface area contributed by atoms with Crippen molar-refractivity contribution < 1.29 is 0 Å². The van der Waals surface area contributed by atoms with Gasteiger partial charge < -0.3 is 10.2 Å². The summed E-state index contributed by atoms with van der Waals surface area (Å²) >= 11 is 3.65. The summed E-state index contributed by atoms with van der Waals surface area (Å²) in [5.74, 6) is 0. The Labute approximate surface area is 137 Å². The van der Waals surface area contributed by atoms with Gasteiger partial charge >= 0.3 is 0 Å². The van der Waals surface area contributed by atoms with Gasteiger partial charge in [-0.2, -0.15) is 0 Å². The summed E-state index contributed by atoms with van der Waals surface area (Å²) < 4.78 is 1.19. The van der Waals surface area contributed by atoms with Crippen molar-refractivity contribution in [3.8, 4) is 0 Å². The molecule has 0 aromatic heterocycles. The first-order valence-electron chi connectivity index (χ1n) is 8.30. The zero-order valence-corrected chi connectivity index (χ0v) is 14.9. The molecule has 1 saturated carbocycles. The molecule has 2 fully saturated rings. The van der Waals surface area contributed by atoms with Crippen molar-refractivity contribution in [3.63, 3.8) is 0 Å². The van der Waals surface area contributed by atoms with Crippen molar-refractivity contribution in [3.05, 3.63) is 28.2 Å². The van der Waals surface area contributed by atoms with Gasteiger partial charge in [-0.25, -0.2) is 0 Å². The average Bonchev–Trinajstić information content (AvgIpc) is 3.25. The second kappa shape index (κ2) is 6.29. The van der Waals surface area contributed by atoms with Gasteiger partial charge in [0.25, 0.3) is 0 Å². The van der Waals surface area contributed by atoms with Gasteiger partial charge in [0.15, 0.2) is 0 Å². The number of hydrogen-bond acceptors (Lipinski definition) is 2. The summed E-state index contributed by atoms with van der Waals surface area (Å²) in [6, 6.07) is 7.53. The maximum atomic E-state index is 3.66. The van der Waals surface area contributed by atoms with Crippen LogP contribution in [0.25, 0.3) is 0 Å². The summed E-state index contributed by atoms with van der Waals surface area (Å²) in [7, 11) is 0. The van der Waals surface area contributed by atoms with Crippen molar-refractivity contribution in [1.82, 2.24) is 5.32 Å². The third kappa shape index (κ3) is 4.23. The lowest BCUT2D eigenvalue weighted by Gasteiger charge is -2.27. The molecule has 0 spiro atoms. The van der Waals surface area contributed by atoms with Crippen molar-refractivity contribution in [2.75, 3.05) is 18.0 Å². The van der Waals surface area contributed by atoms with E-state index in [-0.39, 0.29) is 0 Å². The smallest absolute Gasteiger partial charge is 0.0423 e. The van der Waals surface area contributed by atoms with Gasteiger partial charge in [0.2, 0.25) is 0 Å². The fourth-order valence-corrected chi connectivity index (χ4v) is 3.54. The number of hydrogen-bond donors (Lipinski definition) is 1. The molecule has 2 aliphatic rings. The fourth-order valence-electron chi connectivity index (χ4n) is 3.19. The molecule has 1 aromatic rings. The molecule has 1 aliphatic carbocycles. The number of anilines is 1. The van der Waals surface area contributed by atoms with Crippen LogP contribution in [0.1, 0.15) is 51.5 Å². The van der Waals surface area contributed by atoms with E-state index in [1.807, 2.05) is 0 Å².